The highest BCUT2D eigenvalue weighted by molar-refractivity contribution is 5.98. The summed E-state index contributed by atoms with van der Waals surface area (Å²) in [7, 11) is 1.67. The molecule has 0 fully saturated rings. The lowest BCUT2D eigenvalue weighted by atomic mass is 10.2. The lowest BCUT2D eigenvalue weighted by Gasteiger charge is -2.10. The first-order chi connectivity index (χ1) is 13.8. The number of amides is 1. The predicted molar refractivity (Wildman–Crippen MR) is 111 cm³/mol. The molecule has 4 rings (SSSR count). The molecular weight excluding hydrogens is 352 g/mol. The fraction of sp³-hybridized carbons (Fsp3) is 0.273. The number of fused-ring (bicyclic) bond motifs is 2. The Morgan fingerprint density at radius 2 is 2.00 bits per heavy atom. The van der Waals surface area contributed by atoms with Gasteiger partial charge in [-0.1, -0.05) is 30.3 Å². The van der Waals surface area contributed by atoms with Crippen molar-refractivity contribution in [3.63, 3.8) is 0 Å². The Labute approximate surface area is 163 Å². The van der Waals surface area contributed by atoms with Crippen LogP contribution in [0.1, 0.15) is 22.7 Å². The van der Waals surface area contributed by atoms with Crippen molar-refractivity contribution in [3.05, 3.63) is 66.1 Å². The first-order valence-corrected chi connectivity index (χ1v) is 9.55. The second-order valence-corrected chi connectivity index (χ2v) is 6.79. The molecule has 4 aromatic rings. The fourth-order valence-electron chi connectivity index (χ4n) is 3.49. The number of carbonyl (C=O) groups is 1. The quantitative estimate of drug-likeness (QED) is 0.462. The summed E-state index contributed by atoms with van der Waals surface area (Å²) in [6, 6.07) is 18.0. The van der Waals surface area contributed by atoms with Gasteiger partial charge in [0.15, 0.2) is 0 Å². The number of hydrogen-bond donors (Lipinski definition) is 2. The summed E-state index contributed by atoms with van der Waals surface area (Å²) in [5.74, 6) is 0.890. The number of aromatic nitrogens is 3. The number of methoxy groups -OCH3 is 1. The van der Waals surface area contributed by atoms with Gasteiger partial charge in [-0.25, -0.2) is 4.98 Å². The number of rotatable bonds is 8. The van der Waals surface area contributed by atoms with Crippen molar-refractivity contribution in [1.82, 2.24) is 19.9 Å². The van der Waals surface area contributed by atoms with Crippen LogP contribution in [0.15, 0.2) is 54.6 Å². The molecule has 2 aromatic heterocycles. The summed E-state index contributed by atoms with van der Waals surface area (Å²) in [4.78, 5) is 20.7. The summed E-state index contributed by atoms with van der Waals surface area (Å²) >= 11 is 0. The highest BCUT2D eigenvalue weighted by atomic mass is 16.5. The van der Waals surface area contributed by atoms with Gasteiger partial charge in [0.25, 0.3) is 5.91 Å². The Hall–Kier alpha value is -3.12. The number of ether oxygens (including phenoxy) is 1. The van der Waals surface area contributed by atoms with Gasteiger partial charge in [-0.3, -0.25) is 4.79 Å². The Kier molecular flexibility index (Phi) is 5.39. The van der Waals surface area contributed by atoms with Gasteiger partial charge in [-0.2, -0.15) is 0 Å². The number of para-hydroxylation sites is 3. The van der Waals surface area contributed by atoms with Crippen molar-refractivity contribution in [1.29, 1.82) is 0 Å². The summed E-state index contributed by atoms with van der Waals surface area (Å²) in [6.45, 7) is 1.80. The van der Waals surface area contributed by atoms with Crippen LogP contribution in [-0.2, 0) is 17.7 Å². The molecule has 6 nitrogen and oxygen atoms in total. The average molecular weight is 376 g/mol. The first kappa shape index (κ1) is 18.3. The summed E-state index contributed by atoms with van der Waals surface area (Å²) in [5.41, 5.74) is 3.74. The third-order valence-corrected chi connectivity index (χ3v) is 4.88. The molecule has 0 saturated heterocycles. The molecule has 144 valence electrons. The Morgan fingerprint density at radius 3 is 2.86 bits per heavy atom. The maximum Gasteiger partial charge on any atom is 0.267 e. The number of imidazole rings is 1. The number of aromatic amines is 1. The van der Waals surface area contributed by atoms with E-state index in [2.05, 4.69) is 15.3 Å². The highest BCUT2D eigenvalue weighted by Crippen LogP contribution is 2.20. The molecule has 28 heavy (non-hydrogen) atoms. The van der Waals surface area contributed by atoms with E-state index < -0.39 is 0 Å². The van der Waals surface area contributed by atoms with Crippen molar-refractivity contribution in [2.75, 3.05) is 20.3 Å². The largest absolute Gasteiger partial charge is 0.383 e. The molecule has 2 aromatic carbocycles. The lowest BCUT2D eigenvalue weighted by Crippen LogP contribution is -2.27. The van der Waals surface area contributed by atoms with Gasteiger partial charge in [0.1, 0.15) is 11.5 Å². The Bertz CT molecular complexity index is 1060. The Balaban J connectivity index is 1.39. The van der Waals surface area contributed by atoms with E-state index >= 15 is 0 Å². The standard InChI is InChI=1S/C22H24N4O2/c1-28-14-13-26-19-10-5-2-7-16(19)15-20(26)22(27)23-12-6-11-21-24-17-8-3-4-9-18(17)25-21/h2-5,7-10,15H,6,11-14H2,1H3,(H,23,27)(H,24,25). The number of aryl methyl sites for hydroxylation is 1. The van der Waals surface area contributed by atoms with Crippen molar-refractivity contribution in [2.45, 2.75) is 19.4 Å². The van der Waals surface area contributed by atoms with Crippen LogP contribution in [0.25, 0.3) is 21.9 Å². The number of nitrogens with one attached hydrogen (secondary N) is 2. The average Bonchev–Trinajstić information content (AvgIpc) is 3.30. The van der Waals surface area contributed by atoms with Crippen molar-refractivity contribution < 1.29 is 9.53 Å². The van der Waals surface area contributed by atoms with Crippen molar-refractivity contribution >= 4 is 27.8 Å². The molecule has 0 aliphatic heterocycles. The minimum Gasteiger partial charge on any atom is -0.383 e. The third-order valence-electron chi connectivity index (χ3n) is 4.88. The lowest BCUT2D eigenvalue weighted by molar-refractivity contribution is 0.0941. The molecular formula is C22H24N4O2. The molecule has 0 spiro atoms. The minimum atomic E-state index is -0.0584. The van der Waals surface area contributed by atoms with Gasteiger partial charge in [-0.05, 0) is 30.7 Å². The highest BCUT2D eigenvalue weighted by Gasteiger charge is 2.15. The van der Waals surface area contributed by atoms with Gasteiger partial charge < -0.3 is 19.6 Å². The summed E-state index contributed by atoms with van der Waals surface area (Å²) in [6.07, 6.45) is 1.62. The smallest absolute Gasteiger partial charge is 0.267 e. The SMILES string of the molecule is COCCn1c(C(=O)NCCCc2nc3ccccc3[nH]2)cc2ccccc21. The summed E-state index contributed by atoms with van der Waals surface area (Å²) in [5, 5.41) is 4.10. The molecule has 2 N–H and O–H groups in total. The third kappa shape index (κ3) is 3.77. The Morgan fingerprint density at radius 1 is 1.18 bits per heavy atom. The van der Waals surface area contributed by atoms with Crippen molar-refractivity contribution in [3.8, 4) is 0 Å². The van der Waals surface area contributed by atoms with Crippen LogP contribution in [0.3, 0.4) is 0 Å². The van der Waals surface area contributed by atoms with Crippen LogP contribution >= 0.6 is 0 Å². The molecule has 0 radical (unpaired) electrons. The molecule has 1 amide bonds. The van der Waals surface area contributed by atoms with Crippen LogP contribution in [0.4, 0.5) is 0 Å². The van der Waals surface area contributed by atoms with Gasteiger partial charge in [0.2, 0.25) is 0 Å². The molecule has 0 atom stereocenters. The van der Waals surface area contributed by atoms with E-state index in [1.807, 2.05) is 59.2 Å². The zero-order chi connectivity index (χ0) is 19.3. The van der Waals surface area contributed by atoms with Gasteiger partial charge >= 0.3 is 0 Å². The van der Waals surface area contributed by atoms with E-state index in [1.54, 1.807) is 7.11 Å². The van der Waals surface area contributed by atoms with Crippen LogP contribution in [0.5, 0.6) is 0 Å². The van der Waals surface area contributed by atoms with Gasteiger partial charge in [-0.15, -0.1) is 0 Å². The van der Waals surface area contributed by atoms with Crippen LogP contribution in [0.2, 0.25) is 0 Å². The second-order valence-electron chi connectivity index (χ2n) is 6.79. The normalized spacial score (nSPS) is 11.3. The molecule has 6 heteroatoms. The van der Waals surface area contributed by atoms with Crippen molar-refractivity contribution in [2.24, 2.45) is 0 Å². The summed E-state index contributed by atoms with van der Waals surface area (Å²) < 4.78 is 7.23. The topological polar surface area (TPSA) is 71.9 Å². The van der Waals surface area contributed by atoms with Gasteiger partial charge in [0.05, 0.1) is 17.6 Å². The van der Waals surface area contributed by atoms with Crippen LogP contribution in [0, 0.1) is 0 Å². The predicted octanol–water partition coefficient (Wildman–Crippen LogP) is 3.53. The molecule has 2 heterocycles. The first-order valence-electron chi connectivity index (χ1n) is 9.55. The zero-order valence-corrected chi connectivity index (χ0v) is 15.9. The van der Waals surface area contributed by atoms with E-state index in [0.717, 1.165) is 40.6 Å². The van der Waals surface area contributed by atoms with E-state index in [1.165, 1.54) is 0 Å². The molecule has 0 unspecified atom stereocenters. The van der Waals surface area contributed by atoms with E-state index in [0.29, 0.717) is 25.4 Å². The fourth-order valence-corrected chi connectivity index (χ4v) is 3.49. The van der Waals surface area contributed by atoms with E-state index in [4.69, 9.17) is 4.74 Å². The van der Waals surface area contributed by atoms with Crippen LogP contribution in [-0.4, -0.2) is 40.7 Å². The molecule has 0 aliphatic rings. The number of benzene rings is 2. The second kappa shape index (κ2) is 8.27. The van der Waals surface area contributed by atoms with Crippen LogP contribution < -0.4 is 5.32 Å². The number of nitrogens with zero attached hydrogens (tertiary/aromatic N) is 2. The van der Waals surface area contributed by atoms with E-state index in [9.17, 15) is 4.79 Å². The molecule has 0 saturated carbocycles. The maximum absolute atomic E-state index is 12.8. The van der Waals surface area contributed by atoms with E-state index in [-0.39, 0.29) is 5.91 Å². The maximum atomic E-state index is 12.8. The monoisotopic (exact) mass is 376 g/mol. The van der Waals surface area contributed by atoms with Gasteiger partial charge in [0, 0.05) is 37.5 Å². The minimum absolute atomic E-state index is 0.0584. The number of carbonyl (C=O) groups excluding carboxylic acids is 1. The number of H-pyrrole nitrogens is 1. The molecule has 0 bridgehead atoms. The molecule has 0 aliphatic carbocycles. The zero-order valence-electron chi connectivity index (χ0n) is 15.9. The number of hydrogen-bond acceptors (Lipinski definition) is 3.